The molecule has 0 unspecified atom stereocenters. The number of rotatable bonds is 5. The van der Waals surface area contributed by atoms with Crippen molar-refractivity contribution < 1.29 is 4.74 Å². The van der Waals surface area contributed by atoms with Crippen LogP contribution in [0.3, 0.4) is 0 Å². The molecule has 0 atom stereocenters. The van der Waals surface area contributed by atoms with E-state index in [0.717, 1.165) is 18.4 Å². The summed E-state index contributed by atoms with van der Waals surface area (Å²) < 4.78 is 5.70. The smallest absolute Gasteiger partial charge is 0.0575 e. The predicted molar refractivity (Wildman–Crippen MR) is 99.2 cm³/mol. The maximum Gasteiger partial charge on any atom is 0.0575 e. The van der Waals surface area contributed by atoms with Crippen LogP contribution in [-0.4, -0.2) is 12.7 Å². The topological polar surface area (TPSA) is 9.23 Å². The molecule has 2 aliphatic carbocycles. The highest BCUT2D eigenvalue weighted by molar-refractivity contribution is 5.24. The average Bonchev–Trinajstić information content (AvgIpc) is 2.60. The Hall–Kier alpha value is -1.00. The molecule has 0 aromatic rings. The minimum atomic E-state index is 0.501. The van der Waals surface area contributed by atoms with E-state index in [4.69, 9.17) is 4.74 Å². The lowest BCUT2D eigenvalue weighted by atomic mass is 9.81. The fourth-order valence-corrected chi connectivity index (χ4v) is 3.94. The van der Waals surface area contributed by atoms with Gasteiger partial charge in [0.2, 0.25) is 0 Å². The Morgan fingerprint density at radius 1 is 0.783 bits per heavy atom. The van der Waals surface area contributed by atoms with Crippen molar-refractivity contribution in [3.05, 3.63) is 24.3 Å². The third-order valence-corrected chi connectivity index (χ3v) is 5.58. The molecule has 0 heterocycles. The van der Waals surface area contributed by atoms with Crippen molar-refractivity contribution in [2.75, 3.05) is 6.61 Å². The third-order valence-electron chi connectivity index (χ3n) is 5.58. The largest absolute Gasteiger partial charge is 0.379 e. The van der Waals surface area contributed by atoms with Gasteiger partial charge in [0, 0.05) is 6.61 Å². The van der Waals surface area contributed by atoms with Crippen LogP contribution in [0.4, 0.5) is 0 Å². The van der Waals surface area contributed by atoms with Gasteiger partial charge >= 0.3 is 0 Å². The molecule has 0 spiro atoms. The van der Waals surface area contributed by atoms with Crippen molar-refractivity contribution in [1.29, 1.82) is 0 Å². The molecule has 0 saturated heterocycles. The van der Waals surface area contributed by atoms with E-state index in [-0.39, 0.29) is 0 Å². The van der Waals surface area contributed by atoms with Crippen molar-refractivity contribution in [3.63, 3.8) is 0 Å². The van der Waals surface area contributed by atoms with E-state index in [1.165, 1.54) is 57.8 Å². The van der Waals surface area contributed by atoms with Crippen molar-refractivity contribution in [3.8, 4) is 11.8 Å². The summed E-state index contributed by atoms with van der Waals surface area (Å²) in [6, 6.07) is 0. The molecule has 2 aliphatic rings. The van der Waals surface area contributed by atoms with Crippen molar-refractivity contribution >= 4 is 0 Å². The maximum atomic E-state index is 5.70. The second-order valence-corrected chi connectivity index (χ2v) is 7.19. The SMILES string of the molecule is CCOC1CCC(/C=C/C#C/C=C/C2CCC(CC)CC2)CC1. The highest BCUT2D eigenvalue weighted by atomic mass is 16.5. The van der Waals surface area contributed by atoms with Crippen LogP contribution in [0.5, 0.6) is 0 Å². The normalized spacial score (nSPS) is 32.1. The van der Waals surface area contributed by atoms with Gasteiger partial charge in [-0.3, -0.25) is 0 Å². The predicted octanol–water partition coefficient (Wildman–Crippen LogP) is 5.91. The minimum absolute atomic E-state index is 0.501. The summed E-state index contributed by atoms with van der Waals surface area (Å²) >= 11 is 0. The Morgan fingerprint density at radius 3 is 1.78 bits per heavy atom. The maximum absolute atomic E-state index is 5.70. The highest BCUT2D eigenvalue weighted by Gasteiger charge is 2.19. The molecule has 2 saturated carbocycles. The van der Waals surface area contributed by atoms with E-state index >= 15 is 0 Å². The molecule has 1 heteroatoms. The summed E-state index contributed by atoms with van der Waals surface area (Å²) in [4.78, 5) is 0. The fourth-order valence-electron chi connectivity index (χ4n) is 3.94. The minimum Gasteiger partial charge on any atom is -0.379 e. The van der Waals surface area contributed by atoms with Crippen molar-refractivity contribution in [2.24, 2.45) is 17.8 Å². The van der Waals surface area contributed by atoms with Crippen LogP contribution in [0.25, 0.3) is 0 Å². The lowest BCUT2D eigenvalue weighted by molar-refractivity contribution is 0.0302. The first-order valence-corrected chi connectivity index (χ1v) is 9.77. The summed E-state index contributed by atoms with van der Waals surface area (Å²) in [6.45, 7) is 5.26. The number of hydrogen-bond acceptors (Lipinski definition) is 1. The third kappa shape index (κ3) is 6.96. The summed E-state index contributed by atoms with van der Waals surface area (Å²) in [6.07, 6.45) is 21.1. The van der Waals surface area contributed by atoms with E-state index in [2.05, 4.69) is 50.0 Å². The van der Waals surface area contributed by atoms with Gasteiger partial charge in [-0.2, -0.15) is 0 Å². The molecule has 128 valence electrons. The first-order valence-electron chi connectivity index (χ1n) is 9.77. The van der Waals surface area contributed by atoms with Crippen molar-refractivity contribution in [2.45, 2.75) is 77.7 Å². The first kappa shape index (κ1) is 18.3. The molecule has 0 aliphatic heterocycles. The number of ether oxygens (including phenoxy) is 1. The zero-order chi connectivity index (χ0) is 16.3. The molecular weight excluding hydrogens is 280 g/mol. The number of allylic oxidation sites excluding steroid dienone is 4. The van der Waals surface area contributed by atoms with Crippen molar-refractivity contribution in [1.82, 2.24) is 0 Å². The lowest BCUT2D eigenvalue weighted by Crippen LogP contribution is -2.20. The molecule has 23 heavy (non-hydrogen) atoms. The summed E-state index contributed by atoms with van der Waals surface area (Å²) in [7, 11) is 0. The Kier molecular flexibility index (Phi) is 8.54. The second-order valence-electron chi connectivity index (χ2n) is 7.19. The summed E-state index contributed by atoms with van der Waals surface area (Å²) in [5.74, 6) is 8.81. The van der Waals surface area contributed by atoms with Crippen LogP contribution >= 0.6 is 0 Å². The Bertz CT molecular complexity index is 421. The zero-order valence-corrected chi connectivity index (χ0v) is 15.1. The van der Waals surface area contributed by atoms with Crippen LogP contribution < -0.4 is 0 Å². The molecule has 2 rings (SSSR count). The summed E-state index contributed by atoms with van der Waals surface area (Å²) in [5, 5.41) is 0. The number of hydrogen-bond donors (Lipinski definition) is 0. The Labute approximate surface area is 143 Å². The summed E-state index contributed by atoms with van der Waals surface area (Å²) in [5.41, 5.74) is 0. The quantitative estimate of drug-likeness (QED) is 0.573. The van der Waals surface area contributed by atoms with Gasteiger partial charge in [-0.1, -0.05) is 37.3 Å². The monoisotopic (exact) mass is 314 g/mol. The van der Waals surface area contributed by atoms with Gasteiger partial charge in [-0.15, -0.1) is 0 Å². The van der Waals surface area contributed by atoms with Gasteiger partial charge in [0.1, 0.15) is 0 Å². The van der Waals surface area contributed by atoms with Gasteiger partial charge < -0.3 is 4.74 Å². The van der Waals surface area contributed by atoms with Crippen LogP contribution in [-0.2, 0) is 4.74 Å². The Morgan fingerprint density at radius 2 is 1.30 bits per heavy atom. The molecule has 0 aromatic heterocycles. The molecule has 0 amide bonds. The van der Waals surface area contributed by atoms with Gasteiger partial charge in [-0.25, -0.2) is 0 Å². The van der Waals surface area contributed by atoms with E-state index in [9.17, 15) is 0 Å². The van der Waals surface area contributed by atoms with Gasteiger partial charge in [0.05, 0.1) is 6.10 Å². The highest BCUT2D eigenvalue weighted by Crippen LogP contribution is 2.31. The van der Waals surface area contributed by atoms with Crippen LogP contribution in [0.2, 0.25) is 0 Å². The van der Waals surface area contributed by atoms with Crippen LogP contribution in [0, 0.1) is 29.6 Å². The first-order chi connectivity index (χ1) is 11.3. The zero-order valence-electron chi connectivity index (χ0n) is 15.1. The molecule has 2 fully saturated rings. The molecular formula is C22H34O. The second kappa shape index (κ2) is 10.7. The average molecular weight is 315 g/mol. The molecule has 0 radical (unpaired) electrons. The molecule has 0 bridgehead atoms. The van der Waals surface area contributed by atoms with E-state index in [0.29, 0.717) is 12.0 Å². The molecule has 0 aromatic carbocycles. The van der Waals surface area contributed by atoms with Crippen LogP contribution in [0.15, 0.2) is 24.3 Å². The van der Waals surface area contributed by atoms with E-state index < -0.39 is 0 Å². The van der Waals surface area contributed by atoms with E-state index in [1.54, 1.807) is 0 Å². The molecule has 0 N–H and O–H groups in total. The molecule has 1 nitrogen and oxygen atoms in total. The fraction of sp³-hybridized carbons (Fsp3) is 0.727. The standard InChI is InChI=1S/C22H34O/c1-3-19-11-13-20(14-12-19)9-7-5-6-8-10-21-15-17-22(18-16-21)23-4-2/h7-10,19-22H,3-4,11-18H2,1-2H3/b9-7+,10-8+. The van der Waals surface area contributed by atoms with Gasteiger partial charge in [-0.05, 0) is 88.2 Å². The Balaban J connectivity index is 1.63. The van der Waals surface area contributed by atoms with Crippen LogP contribution in [0.1, 0.15) is 71.6 Å². The lowest BCUT2D eigenvalue weighted by Gasteiger charge is -2.26. The van der Waals surface area contributed by atoms with E-state index in [1.807, 2.05) is 0 Å². The van der Waals surface area contributed by atoms with Gasteiger partial charge in [0.15, 0.2) is 0 Å². The van der Waals surface area contributed by atoms with Gasteiger partial charge in [0.25, 0.3) is 0 Å².